The summed E-state index contributed by atoms with van der Waals surface area (Å²) in [6.45, 7) is 0. The molecule has 0 aromatic heterocycles. The summed E-state index contributed by atoms with van der Waals surface area (Å²) >= 11 is 2.79. The molecule has 0 heterocycles. The average molecular weight is 150 g/mol. The van der Waals surface area contributed by atoms with E-state index < -0.39 is 6.36 Å². The van der Waals surface area contributed by atoms with E-state index >= 15 is 0 Å². The Bertz CT molecular complexity index is 62.0. The molecule has 0 fully saturated rings. The molecule has 50 valence electrons. The highest BCUT2D eigenvalue weighted by Gasteiger charge is 2.31. The van der Waals surface area contributed by atoms with Crippen molar-refractivity contribution in [2.24, 2.45) is 0 Å². The fraction of sp³-hybridized carbons (Fsp3) is 1.00. The van der Waals surface area contributed by atoms with Crippen LogP contribution in [0.5, 0.6) is 0 Å². The summed E-state index contributed by atoms with van der Waals surface area (Å²) in [6.07, 6.45) is -4.84. The minimum absolute atomic E-state index is 2.58. The molecule has 0 radical (unpaired) electrons. The van der Waals surface area contributed by atoms with Crippen molar-refractivity contribution in [2.45, 2.75) is 6.36 Å². The summed E-state index contributed by atoms with van der Waals surface area (Å²) in [5.41, 5.74) is 0. The number of alkyl halides is 3. The van der Waals surface area contributed by atoms with Crippen molar-refractivity contribution in [3.63, 3.8) is 0 Å². The Labute approximate surface area is 47.8 Å². The number of hydrogen-bond acceptors (Lipinski definition) is 4. The molecule has 0 aliphatic rings. The molecule has 0 atom stereocenters. The molecule has 0 N–H and O–H groups in total. The van der Waals surface area contributed by atoms with Gasteiger partial charge in [-0.05, 0) is 5.04 Å². The minimum Gasteiger partial charge on any atom is -0.142 e. The van der Waals surface area contributed by atoms with Crippen molar-refractivity contribution in [1.82, 2.24) is 0 Å². The molecule has 0 aliphatic heterocycles. The molecular weight excluding hydrogens is 149 g/mol. The molecule has 0 rings (SSSR count). The van der Waals surface area contributed by atoms with E-state index in [0.717, 1.165) is 0 Å². The van der Waals surface area contributed by atoms with Gasteiger partial charge in [0.25, 0.3) is 0 Å². The highest BCUT2D eigenvalue weighted by molar-refractivity contribution is 7.74. The van der Waals surface area contributed by atoms with Gasteiger partial charge in [0.2, 0.25) is 0 Å². The van der Waals surface area contributed by atoms with E-state index in [9.17, 15) is 13.2 Å². The fourth-order valence-corrected chi connectivity index (χ4v) is 0.0842. The van der Waals surface area contributed by atoms with Crippen molar-refractivity contribution in [1.29, 1.82) is 0 Å². The van der Waals surface area contributed by atoms with Gasteiger partial charge in [0.05, 0.1) is 0 Å². The number of halogens is 3. The van der Waals surface area contributed by atoms with E-state index in [-0.39, 0.29) is 0 Å². The van der Waals surface area contributed by atoms with Gasteiger partial charge in [0.15, 0.2) is 0 Å². The molecule has 0 bridgehead atoms. The van der Waals surface area contributed by atoms with Crippen LogP contribution in [0.25, 0.3) is 0 Å². The van der Waals surface area contributed by atoms with E-state index in [0.29, 0.717) is 0 Å². The number of thiol groups is 1. The van der Waals surface area contributed by atoms with Crippen LogP contribution in [0.1, 0.15) is 0 Å². The van der Waals surface area contributed by atoms with Crippen molar-refractivity contribution in [3.05, 3.63) is 0 Å². The van der Waals surface area contributed by atoms with Crippen LogP contribution < -0.4 is 0 Å². The highest BCUT2D eigenvalue weighted by Crippen LogP contribution is 2.16. The van der Waals surface area contributed by atoms with Crippen LogP contribution in [0.2, 0.25) is 0 Å². The van der Waals surface area contributed by atoms with E-state index in [2.05, 4.69) is 27.2 Å². The Morgan fingerprint density at radius 2 is 1.75 bits per heavy atom. The molecular formula is CHF3O3S. The molecule has 0 aromatic carbocycles. The van der Waals surface area contributed by atoms with Gasteiger partial charge in [0, 0.05) is 12.9 Å². The van der Waals surface area contributed by atoms with Gasteiger partial charge >= 0.3 is 6.36 Å². The van der Waals surface area contributed by atoms with E-state index in [4.69, 9.17) is 0 Å². The lowest BCUT2D eigenvalue weighted by Crippen LogP contribution is -2.12. The normalized spacial score (nSPS) is 12.0. The third kappa shape index (κ3) is 6.02. The SMILES string of the molecule is FC(F)(F)OOOS. The topological polar surface area (TPSA) is 27.7 Å². The lowest BCUT2D eigenvalue weighted by molar-refractivity contribution is -0.570. The Balaban J connectivity index is 3.11. The third-order valence-electron chi connectivity index (χ3n) is 0.159. The van der Waals surface area contributed by atoms with Gasteiger partial charge in [-0.15, -0.1) is 17.5 Å². The maximum absolute atomic E-state index is 10.8. The summed E-state index contributed by atoms with van der Waals surface area (Å²) < 4.78 is 35.5. The Hall–Kier alpha value is 0.0200. The zero-order chi connectivity index (χ0) is 6.62. The second-order valence-electron chi connectivity index (χ2n) is 0.672. The summed E-state index contributed by atoms with van der Waals surface area (Å²) in [5.74, 6) is 0. The predicted molar refractivity (Wildman–Crippen MR) is 18.3 cm³/mol. The van der Waals surface area contributed by atoms with Crippen LogP contribution in [0.3, 0.4) is 0 Å². The van der Waals surface area contributed by atoms with Crippen molar-refractivity contribution in [2.75, 3.05) is 0 Å². The first-order valence-electron chi connectivity index (χ1n) is 1.29. The second kappa shape index (κ2) is 3.13. The maximum Gasteiger partial charge on any atom is 0.551 e. The van der Waals surface area contributed by atoms with Gasteiger partial charge in [-0.2, -0.15) is 0 Å². The van der Waals surface area contributed by atoms with Crippen LogP contribution >= 0.6 is 12.9 Å². The quantitative estimate of drug-likeness (QED) is 0.277. The summed E-state index contributed by atoms with van der Waals surface area (Å²) in [7, 11) is 0. The van der Waals surface area contributed by atoms with E-state index in [1.807, 2.05) is 0 Å². The fourth-order valence-electron chi connectivity index (χ4n) is 0.0538. The van der Waals surface area contributed by atoms with Crippen LogP contribution in [-0.4, -0.2) is 6.36 Å². The van der Waals surface area contributed by atoms with Crippen molar-refractivity contribution >= 4 is 12.9 Å². The van der Waals surface area contributed by atoms with Gasteiger partial charge in [-0.1, -0.05) is 4.89 Å². The van der Waals surface area contributed by atoms with Crippen LogP contribution in [0.4, 0.5) is 13.2 Å². The van der Waals surface area contributed by atoms with Gasteiger partial charge in [-0.3, -0.25) is 0 Å². The Kier molecular flexibility index (Phi) is 3.13. The largest absolute Gasteiger partial charge is 0.551 e. The van der Waals surface area contributed by atoms with Crippen LogP contribution in [-0.2, 0) is 14.3 Å². The van der Waals surface area contributed by atoms with Gasteiger partial charge in [0.1, 0.15) is 0 Å². The zero-order valence-corrected chi connectivity index (χ0v) is 4.20. The summed E-state index contributed by atoms with van der Waals surface area (Å²) in [5, 5.41) is 2.94. The van der Waals surface area contributed by atoms with E-state index in [1.54, 1.807) is 0 Å². The standard InChI is InChI=1S/CHF3O3S/c2-1(3,4)5-6-7-8/h8H. The number of hydrogen-bond donors (Lipinski definition) is 1. The molecule has 0 saturated heterocycles. The van der Waals surface area contributed by atoms with Gasteiger partial charge < -0.3 is 0 Å². The monoisotopic (exact) mass is 150 g/mol. The van der Waals surface area contributed by atoms with Crippen LogP contribution in [0, 0.1) is 0 Å². The first-order valence-corrected chi connectivity index (χ1v) is 1.65. The Morgan fingerprint density at radius 1 is 1.25 bits per heavy atom. The summed E-state index contributed by atoms with van der Waals surface area (Å²) in [6, 6.07) is 0. The molecule has 0 aromatic rings. The van der Waals surface area contributed by atoms with E-state index in [1.165, 1.54) is 0 Å². The lowest BCUT2D eigenvalue weighted by atomic mass is 11.4. The first kappa shape index (κ1) is 8.02. The molecule has 0 saturated carbocycles. The molecule has 0 aliphatic carbocycles. The average Bonchev–Trinajstić information content (AvgIpc) is 1.59. The smallest absolute Gasteiger partial charge is 0.142 e. The molecule has 0 unspecified atom stereocenters. The molecule has 8 heavy (non-hydrogen) atoms. The Morgan fingerprint density at radius 3 is 1.88 bits per heavy atom. The molecule has 0 amide bonds. The van der Waals surface area contributed by atoms with Gasteiger partial charge in [-0.25, -0.2) is 0 Å². The van der Waals surface area contributed by atoms with Crippen molar-refractivity contribution < 1.29 is 27.4 Å². The lowest BCUT2D eigenvalue weighted by Gasteiger charge is -2.00. The van der Waals surface area contributed by atoms with Crippen LogP contribution in [0.15, 0.2) is 0 Å². The third-order valence-corrected chi connectivity index (χ3v) is 0.220. The molecule has 3 nitrogen and oxygen atoms in total. The minimum atomic E-state index is -4.84. The predicted octanol–water partition coefficient (Wildman–Crippen LogP) is 1.23. The first-order chi connectivity index (χ1) is 3.56. The molecule has 7 heteroatoms. The van der Waals surface area contributed by atoms with Crippen molar-refractivity contribution in [3.8, 4) is 0 Å². The zero-order valence-electron chi connectivity index (χ0n) is 3.31. The highest BCUT2D eigenvalue weighted by atomic mass is 32.1. The maximum atomic E-state index is 10.8. The second-order valence-corrected chi connectivity index (χ2v) is 0.821. The number of rotatable bonds is 2. The molecule has 0 spiro atoms. The summed E-state index contributed by atoms with van der Waals surface area (Å²) in [4.78, 5) is 2.58.